The molecule has 2 rings (SSSR count). The molecule has 0 unspecified atom stereocenters. The van der Waals surface area contributed by atoms with E-state index in [0.717, 1.165) is 0 Å². The fraction of sp³-hybridized carbons (Fsp3) is 0.250. The minimum atomic E-state index is -1.42. The van der Waals surface area contributed by atoms with Crippen LogP contribution in [0.4, 0.5) is 0 Å². The third-order valence-electron chi connectivity index (χ3n) is 3.00. The number of nitrogens with zero attached hydrogens (tertiary/aromatic N) is 3. The highest BCUT2D eigenvalue weighted by Crippen LogP contribution is 2.15. The maximum absolute atomic E-state index is 12.3. The van der Waals surface area contributed by atoms with Gasteiger partial charge in [0.25, 0.3) is 0 Å². The summed E-state index contributed by atoms with van der Waals surface area (Å²) in [4.78, 5) is 24.2. The molecule has 0 fully saturated rings. The number of nitrogens with one attached hydrogen (secondary N) is 1. The number of rotatable bonds is 5. The van der Waals surface area contributed by atoms with Crippen LogP contribution in [-0.4, -0.2) is 27.5 Å². The van der Waals surface area contributed by atoms with Crippen LogP contribution >= 0.6 is 11.6 Å². The second-order valence-electron chi connectivity index (χ2n) is 5.22. The molecule has 1 N–H and O–H groups in total. The summed E-state index contributed by atoms with van der Waals surface area (Å²) < 4.78 is 1.47. The van der Waals surface area contributed by atoms with Gasteiger partial charge in [-0.3, -0.25) is 9.59 Å². The molecule has 1 heterocycles. The standard InChI is InChI=1S/C16H15ClN4O2/c1-10(2)19-16(23)13(9-18)15(22)14-6-7-21(20-14)12-5-3-4-11(17)8-12/h3-8,10,13H,1-2H3,(H,19,23)/t13-/m0/s1. The van der Waals surface area contributed by atoms with Crippen LogP contribution in [0.5, 0.6) is 0 Å². The first-order valence-corrected chi connectivity index (χ1v) is 7.36. The predicted molar refractivity (Wildman–Crippen MR) is 85.3 cm³/mol. The van der Waals surface area contributed by atoms with Gasteiger partial charge in [-0.15, -0.1) is 0 Å². The van der Waals surface area contributed by atoms with Crippen LogP contribution in [0.1, 0.15) is 24.3 Å². The SMILES string of the molecule is CC(C)NC(=O)[C@@H](C#N)C(=O)c1ccn(-c2cccc(Cl)c2)n1. The first-order chi connectivity index (χ1) is 10.9. The number of aromatic nitrogens is 2. The number of nitriles is 1. The smallest absolute Gasteiger partial charge is 0.245 e. The van der Waals surface area contributed by atoms with Crippen molar-refractivity contribution in [1.82, 2.24) is 15.1 Å². The Kier molecular flexibility index (Phi) is 5.14. The van der Waals surface area contributed by atoms with Crippen molar-refractivity contribution in [3.8, 4) is 11.8 Å². The normalized spacial score (nSPS) is 11.8. The number of amides is 1. The van der Waals surface area contributed by atoms with E-state index in [2.05, 4.69) is 10.4 Å². The highest BCUT2D eigenvalue weighted by atomic mass is 35.5. The van der Waals surface area contributed by atoms with Crippen molar-refractivity contribution in [2.24, 2.45) is 5.92 Å². The average molecular weight is 331 g/mol. The summed E-state index contributed by atoms with van der Waals surface area (Å²) in [6, 6.07) is 10.00. The lowest BCUT2D eigenvalue weighted by Crippen LogP contribution is -2.38. The first-order valence-electron chi connectivity index (χ1n) is 6.98. The highest BCUT2D eigenvalue weighted by Gasteiger charge is 2.29. The van der Waals surface area contributed by atoms with Crippen LogP contribution in [0.3, 0.4) is 0 Å². The van der Waals surface area contributed by atoms with Gasteiger partial charge in [0.2, 0.25) is 11.7 Å². The van der Waals surface area contributed by atoms with Crippen LogP contribution in [0.15, 0.2) is 36.5 Å². The molecule has 23 heavy (non-hydrogen) atoms. The Morgan fingerprint density at radius 3 is 2.70 bits per heavy atom. The topological polar surface area (TPSA) is 87.8 Å². The first kappa shape index (κ1) is 16.7. The van der Waals surface area contributed by atoms with E-state index in [1.54, 1.807) is 50.4 Å². The Balaban J connectivity index is 2.24. The third kappa shape index (κ3) is 3.96. The molecule has 118 valence electrons. The second-order valence-corrected chi connectivity index (χ2v) is 5.65. The van der Waals surface area contributed by atoms with E-state index >= 15 is 0 Å². The summed E-state index contributed by atoms with van der Waals surface area (Å²) in [5.41, 5.74) is 0.729. The van der Waals surface area contributed by atoms with Crippen molar-refractivity contribution in [2.45, 2.75) is 19.9 Å². The van der Waals surface area contributed by atoms with Crippen molar-refractivity contribution in [1.29, 1.82) is 5.26 Å². The summed E-state index contributed by atoms with van der Waals surface area (Å²) in [6.07, 6.45) is 1.58. The number of carbonyl (C=O) groups is 2. The van der Waals surface area contributed by atoms with E-state index < -0.39 is 17.6 Å². The fourth-order valence-corrected chi connectivity index (χ4v) is 2.15. The molecule has 0 saturated carbocycles. The van der Waals surface area contributed by atoms with E-state index in [1.165, 1.54) is 10.7 Å². The molecule has 0 spiro atoms. The van der Waals surface area contributed by atoms with Gasteiger partial charge in [-0.05, 0) is 38.1 Å². The lowest BCUT2D eigenvalue weighted by molar-refractivity contribution is -0.122. The molecule has 1 atom stereocenters. The second kappa shape index (κ2) is 7.07. The zero-order valence-electron chi connectivity index (χ0n) is 12.7. The van der Waals surface area contributed by atoms with Crippen molar-refractivity contribution < 1.29 is 9.59 Å². The molecular formula is C16H15ClN4O2. The Bertz CT molecular complexity index is 776. The number of ketones is 1. The Hall–Kier alpha value is -2.65. The summed E-state index contributed by atoms with van der Waals surface area (Å²) in [6.45, 7) is 3.51. The number of Topliss-reactive ketones (excluding diaryl/α,β-unsaturated/α-hetero) is 1. The fourth-order valence-electron chi connectivity index (χ4n) is 1.97. The van der Waals surface area contributed by atoms with Gasteiger partial charge >= 0.3 is 0 Å². The minimum absolute atomic E-state index is 0.0513. The molecule has 0 bridgehead atoms. The van der Waals surface area contributed by atoms with Crippen LogP contribution in [0.2, 0.25) is 5.02 Å². The largest absolute Gasteiger partial charge is 0.352 e. The number of hydrogen-bond donors (Lipinski definition) is 1. The van der Waals surface area contributed by atoms with Crippen molar-refractivity contribution in [3.05, 3.63) is 47.2 Å². The molecule has 0 aliphatic heterocycles. The molecule has 1 aromatic heterocycles. The van der Waals surface area contributed by atoms with Gasteiger partial charge in [0, 0.05) is 17.3 Å². The van der Waals surface area contributed by atoms with Gasteiger partial charge < -0.3 is 5.32 Å². The van der Waals surface area contributed by atoms with Gasteiger partial charge in [0.05, 0.1) is 11.8 Å². The molecule has 6 nitrogen and oxygen atoms in total. The third-order valence-corrected chi connectivity index (χ3v) is 3.23. The monoisotopic (exact) mass is 330 g/mol. The Labute approximate surface area is 138 Å². The van der Waals surface area contributed by atoms with Crippen LogP contribution < -0.4 is 5.32 Å². The molecule has 0 aliphatic carbocycles. The quantitative estimate of drug-likeness (QED) is 0.673. The zero-order valence-corrected chi connectivity index (χ0v) is 13.4. The van der Waals surface area contributed by atoms with Crippen LogP contribution in [0.25, 0.3) is 5.69 Å². The lowest BCUT2D eigenvalue weighted by Gasteiger charge is -2.10. The van der Waals surface area contributed by atoms with Gasteiger partial charge in [0.1, 0.15) is 5.69 Å². The molecule has 0 radical (unpaired) electrons. The Morgan fingerprint density at radius 1 is 1.35 bits per heavy atom. The predicted octanol–water partition coefficient (Wildman–Crippen LogP) is 2.37. The average Bonchev–Trinajstić information content (AvgIpc) is 2.97. The number of hydrogen-bond acceptors (Lipinski definition) is 4. The number of carbonyl (C=O) groups excluding carboxylic acids is 2. The van der Waals surface area contributed by atoms with Crippen molar-refractivity contribution >= 4 is 23.3 Å². The molecule has 1 amide bonds. The maximum atomic E-state index is 12.3. The van der Waals surface area contributed by atoms with E-state index in [-0.39, 0.29) is 11.7 Å². The van der Waals surface area contributed by atoms with Crippen molar-refractivity contribution in [2.75, 3.05) is 0 Å². The molecule has 0 aliphatic rings. The Morgan fingerprint density at radius 2 is 2.09 bits per heavy atom. The number of benzene rings is 1. The van der Waals surface area contributed by atoms with Gasteiger partial charge in [-0.2, -0.15) is 10.4 Å². The van der Waals surface area contributed by atoms with Gasteiger partial charge in [-0.25, -0.2) is 4.68 Å². The summed E-state index contributed by atoms with van der Waals surface area (Å²) in [5.74, 6) is -2.67. The summed E-state index contributed by atoms with van der Waals surface area (Å²) in [5, 5.41) is 16.3. The molecule has 0 saturated heterocycles. The zero-order chi connectivity index (χ0) is 17.0. The van der Waals surface area contributed by atoms with Crippen LogP contribution in [-0.2, 0) is 4.79 Å². The van der Waals surface area contributed by atoms with E-state index in [0.29, 0.717) is 10.7 Å². The van der Waals surface area contributed by atoms with E-state index in [4.69, 9.17) is 16.9 Å². The highest BCUT2D eigenvalue weighted by molar-refractivity contribution is 6.30. The molecule has 2 aromatic rings. The van der Waals surface area contributed by atoms with Gasteiger partial charge in [-0.1, -0.05) is 17.7 Å². The van der Waals surface area contributed by atoms with Crippen molar-refractivity contribution in [3.63, 3.8) is 0 Å². The van der Waals surface area contributed by atoms with Crippen LogP contribution in [0, 0.1) is 17.2 Å². The van der Waals surface area contributed by atoms with Gasteiger partial charge in [0.15, 0.2) is 5.92 Å². The molecule has 1 aromatic carbocycles. The molecular weight excluding hydrogens is 316 g/mol. The maximum Gasteiger partial charge on any atom is 0.245 e. The van der Waals surface area contributed by atoms with E-state index in [1.807, 2.05) is 0 Å². The van der Waals surface area contributed by atoms with E-state index in [9.17, 15) is 9.59 Å². The summed E-state index contributed by atoms with van der Waals surface area (Å²) >= 11 is 5.92. The summed E-state index contributed by atoms with van der Waals surface area (Å²) in [7, 11) is 0. The minimum Gasteiger partial charge on any atom is -0.352 e. The molecule has 7 heteroatoms. The lowest BCUT2D eigenvalue weighted by atomic mass is 10.0. The number of halogens is 1.